The Hall–Kier alpha value is -0.820. The van der Waals surface area contributed by atoms with Gasteiger partial charge in [0.05, 0.1) is 15.0 Å². The zero-order valence-corrected chi connectivity index (χ0v) is 14.0. The van der Waals surface area contributed by atoms with E-state index >= 15 is 0 Å². The van der Waals surface area contributed by atoms with Gasteiger partial charge in [-0.1, -0.05) is 18.2 Å². The zero-order valence-electron chi connectivity index (χ0n) is 11.0. The number of halogens is 1. The summed E-state index contributed by atoms with van der Waals surface area (Å²) in [5.74, 6) is 2.61. The first-order chi connectivity index (χ1) is 9.20. The first-order valence-corrected chi connectivity index (χ1v) is 8.22. The van der Waals surface area contributed by atoms with Crippen LogP contribution >= 0.6 is 34.4 Å². The number of aryl methyl sites for hydroxylation is 1. The molecule has 0 unspecified atom stereocenters. The summed E-state index contributed by atoms with van der Waals surface area (Å²) in [7, 11) is 0. The van der Waals surface area contributed by atoms with Crippen molar-refractivity contribution in [3.8, 4) is 0 Å². The molecule has 1 aromatic heterocycles. The fourth-order valence-corrected chi connectivity index (χ4v) is 2.84. The van der Waals surface area contributed by atoms with Crippen LogP contribution in [0, 0.1) is 10.5 Å². The molecule has 19 heavy (non-hydrogen) atoms. The van der Waals surface area contributed by atoms with Gasteiger partial charge in [0.25, 0.3) is 0 Å². The minimum absolute atomic E-state index is 0.792. The summed E-state index contributed by atoms with van der Waals surface area (Å²) < 4.78 is 1.10. The van der Waals surface area contributed by atoms with Crippen LogP contribution in [0.3, 0.4) is 0 Å². The van der Waals surface area contributed by atoms with E-state index in [4.69, 9.17) is 0 Å². The maximum Gasteiger partial charge on any atom is 0.143 e. The third-order valence-corrected chi connectivity index (χ3v) is 4.82. The summed E-state index contributed by atoms with van der Waals surface area (Å²) in [5, 5.41) is 3.29. The molecule has 1 heterocycles. The lowest BCUT2D eigenvalue weighted by atomic mass is 10.4. The molecule has 2 rings (SSSR count). The monoisotopic (exact) mass is 385 g/mol. The zero-order chi connectivity index (χ0) is 13.7. The smallest absolute Gasteiger partial charge is 0.143 e. The van der Waals surface area contributed by atoms with Crippen molar-refractivity contribution >= 4 is 40.2 Å². The number of aromatic nitrogens is 2. The lowest BCUT2D eigenvalue weighted by molar-refractivity contribution is 0.974. The quantitative estimate of drug-likeness (QED) is 0.621. The molecule has 0 saturated carbocycles. The Morgan fingerprint density at radius 3 is 2.63 bits per heavy atom. The van der Waals surface area contributed by atoms with Crippen molar-refractivity contribution in [2.75, 3.05) is 11.9 Å². The Balaban J connectivity index is 2.12. The second kappa shape index (κ2) is 7.09. The highest BCUT2D eigenvalue weighted by atomic mass is 127. The molecule has 0 amide bonds. The van der Waals surface area contributed by atoms with Crippen LogP contribution in [0.25, 0.3) is 0 Å². The number of hydrogen-bond acceptors (Lipinski definition) is 4. The van der Waals surface area contributed by atoms with E-state index in [2.05, 4.69) is 56.9 Å². The minimum atomic E-state index is 0.792. The number of anilines is 1. The number of nitrogens with zero attached hydrogens (tertiary/aromatic N) is 2. The summed E-state index contributed by atoms with van der Waals surface area (Å²) in [6.45, 7) is 4.98. The lowest BCUT2D eigenvalue weighted by Gasteiger charge is -2.09. The molecule has 0 aliphatic heterocycles. The Bertz CT molecular complexity index is 546. The summed E-state index contributed by atoms with van der Waals surface area (Å²) >= 11 is 4.05. The van der Waals surface area contributed by atoms with Gasteiger partial charge in [0.2, 0.25) is 0 Å². The molecule has 0 spiro atoms. The molecular weight excluding hydrogens is 369 g/mol. The predicted molar refractivity (Wildman–Crippen MR) is 89.7 cm³/mol. The van der Waals surface area contributed by atoms with E-state index in [1.165, 1.54) is 4.90 Å². The Labute approximate surface area is 131 Å². The van der Waals surface area contributed by atoms with Gasteiger partial charge in [0.15, 0.2) is 0 Å². The van der Waals surface area contributed by atoms with Gasteiger partial charge in [-0.05, 0) is 48.6 Å². The maximum absolute atomic E-state index is 4.59. The predicted octanol–water partition coefficient (Wildman–Crippen LogP) is 4.11. The van der Waals surface area contributed by atoms with Gasteiger partial charge < -0.3 is 5.32 Å². The van der Waals surface area contributed by atoms with E-state index in [9.17, 15) is 0 Å². The average Bonchev–Trinajstić information content (AvgIpc) is 2.43. The molecule has 1 N–H and O–H groups in total. The molecule has 0 radical (unpaired) electrons. The van der Waals surface area contributed by atoms with E-state index in [1.54, 1.807) is 11.8 Å². The third kappa shape index (κ3) is 4.07. The Kier molecular flexibility index (Phi) is 5.45. The maximum atomic E-state index is 4.59. The van der Waals surface area contributed by atoms with Gasteiger partial charge in [0, 0.05) is 11.4 Å². The molecule has 1 aromatic carbocycles. The summed E-state index contributed by atoms with van der Waals surface area (Å²) in [5.41, 5.74) is 1.04. The molecule has 5 heteroatoms. The van der Waals surface area contributed by atoms with E-state index in [0.717, 1.165) is 33.2 Å². The SMILES string of the molecule is CCNc1nc(CSc2ccccc2)nc(C)c1I. The number of rotatable bonds is 5. The first kappa shape index (κ1) is 14.6. The fraction of sp³-hybridized carbons (Fsp3) is 0.286. The molecule has 100 valence electrons. The van der Waals surface area contributed by atoms with Crippen molar-refractivity contribution in [2.24, 2.45) is 0 Å². The lowest BCUT2D eigenvalue weighted by Crippen LogP contribution is -2.07. The van der Waals surface area contributed by atoms with Crippen LogP contribution in [0.5, 0.6) is 0 Å². The standard InChI is InChI=1S/C14H16IN3S/c1-3-16-14-13(15)10(2)17-12(18-14)9-19-11-7-5-4-6-8-11/h4-8H,3,9H2,1-2H3,(H,16,17,18). The first-order valence-electron chi connectivity index (χ1n) is 6.15. The summed E-state index contributed by atoms with van der Waals surface area (Å²) in [6, 6.07) is 10.3. The van der Waals surface area contributed by atoms with Crippen molar-refractivity contribution in [2.45, 2.75) is 24.5 Å². The number of nitrogens with one attached hydrogen (secondary N) is 1. The molecule has 0 saturated heterocycles. The van der Waals surface area contributed by atoms with Gasteiger partial charge >= 0.3 is 0 Å². The molecule has 0 fully saturated rings. The largest absolute Gasteiger partial charge is 0.369 e. The van der Waals surface area contributed by atoms with E-state index < -0.39 is 0 Å². The topological polar surface area (TPSA) is 37.8 Å². The van der Waals surface area contributed by atoms with Crippen LogP contribution in [0.15, 0.2) is 35.2 Å². The van der Waals surface area contributed by atoms with Crippen LogP contribution in [0.2, 0.25) is 0 Å². The molecule has 2 aromatic rings. The van der Waals surface area contributed by atoms with Crippen molar-refractivity contribution < 1.29 is 0 Å². The third-order valence-electron chi connectivity index (χ3n) is 2.52. The van der Waals surface area contributed by atoms with Gasteiger partial charge in [-0.15, -0.1) is 11.8 Å². The normalized spacial score (nSPS) is 10.5. The molecule has 0 aliphatic rings. The summed E-state index contributed by atoms with van der Waals surface area (Å²) in [6.07, 6.45) is 0. The average molecular weight is 385 g/mol. The van der Waals surface area contributed by atoms with Crippen LogP contribution in [-0.2, 0) is 5.75 Å². The van der Waals surface area contributed by atoms with Crippen molar-refractivity contribution in [1.82, 2.24) is 9.97 Å². The van der Waals surface area contributed by atoms with E-state index in [-0.39, 0.29) is 0 Å². The van der Waals surface area contributed by atoms with Crippen molar-refractivity contribution in [3.63, 3.8) is 0 Å². The Morgan fingerprint density at radius 2 is 1.95 bits per heavy atom. The van der Waals surface area contributed by atoms with Crippen LogP contribution in [0.4, 0.5) is 5.82 Å². The minimum Gasteiger partial charge on any atom is -0.369 e. The number of hydrogen-bond donors (Lipinski definition) is 1. The fourth-order valence-electron chi connectivity index (χ4n) is 1.63. The molecule has 0 atom stereocenters. The highest BCUT2D eigenvalue weighted by molar-refractivity contribution is 14.1. The highest BCUT2D eigenvalue weighted by Gasteiger charge is 2.08. The second-order valence-corrected chi connectivity index (χ2v) is 6.15. The van der Waals surface area contributed by atoms with E-state index in [0.29, 0.717) is 0 Å². The summed E-state index contributed by atoms with van der Waals surface area (Å²) in [4.78, 5) is 10.4. The Morgan fingerprint density at radius 1 is 1.21 bits per heavy atom. The molecule has 0 bridgehead atoms. The van der Waals surface area contributed by atoms with Crippen LogP contribution in [-0.4, -0.2) is 16.5 Å². The van der Waals surface area contributed by atoms with Gasteiger partial charge in [-0.3, -0.25) is 0 Å². The number of thioether (sulfide) groups is 1. The van der Waals surface area contributed by atoms with E-state index in [1.807, 2.05) is 25.1 Å². The molecule has 0 aliphatic carbocycles. The van der Waals surface area contributed by atoms with Crippen molar-refractivity contribution in [1.29, 1.82) is 0 Å². The van der Waals surface area contributed by atoms with Gasteiger partial charge in [-0.25, -0.2) is 9.97 Å². The van der Waals surface area contributed by atoms with Crippen LogP contribution < -0.4 is 5.32 Å². The second-order valence-electron chi connectivity index (χ2n) is 4.02. The van der Waals surface area contributed by atoms with Crippen molar-refractivity contribution in [3.05, 3.63) is 45.4 Å². The highest BCUT2D eigenvalue weighted by Crippen LogP contribution is 2.24. The molecule has 3 nitrogen and oxygen atoms in total. The van der Waals surface area contributed by atoms with Gasteiger partial charge in [0.1, 0.15) is 11.6 Å². The van der Waals surface area contributed by atoms with Crippen LogP contribution in [0.1, 0.15) is 18.4 Å². The van der Waals surface area contributed by atoms with Gasteiger partial charge in [-0.2, -0.15) is 0 Å². The number of benzene rings is 1. The molecular formula is C14H16IN3S.